The van der Waals surface area contributed by atoms with E-state index >= 15 is 0 Å². The minimum Gasteiger partial charge on any atom is -0.490 e. The number of methoxy groups -OCH3 is 1. The van der Waals surface area contributed by atoms with E-state index in [2.05, 4.69) is 24.0 Å². The lowest BCUT2D eigenvalue weighted by Crippen LogP contribution is -2.48. The first-order valence-electron chi connectivity index (χ1n) is 7.80. The summed E-state index contributed by atoms with van der Waals surface area (Å²) in [5, 5.41) is 11.0. The molecule has 1 fully saturated rings. The number of ether oxygens (including phenoxy) is 2. The SMILES string of the molecule is COc1cc(N2CCOC(C)(c3ccccc3)C2)ccc1[N+](=O)[O-]. The van der Waals surface area contributed by atoms with Crippen LogP contribution in [-0.4, -0.2) is 31.7 Å². The molecule has 0 saturated carbocycles. The molecule has 0 amide bonds. The van der Waals surface area contributed by atoms with Gasteiger partial charge in [0.15, 0.2) is 5.75 Å². The molecule has 1 aliphatic heterocycles. The van der Waals surface area contributed by atoms with Gasteiger partial charge in [-0.25, -0.2) is 0 Å². The molecule has 0 aromatic heterocycles. The van der Waals surface area contributed by atoms with Crippen molar-refractivity contribution in [1.29, 1.82) is 0 Å². The zero-order valence-corrected chi connectivity index (χ0v) is 13.8. The van der Waals surface area contributed by atoms with Crippen LogP contribution >= 0.6 is 0 Å². The average molecular weight is 328 g/mol. The smallest absolute Gasteiger partial charge is 0.311 e. The van der Waals surface area contributed by atoms with Gasteiger partial charge in [0, 0.05) is 24.4 Å². The van der Waals surface area contributed by atoms with Crippen LogP contribution in [0.5, 0.6) is 5.75 Å². The van der Waals surface area contributed by atoms with E-state index < -0.39 is 10.5 Å². The van der Waals surface area contributed by atoms with E-state index in [9.17, 15) is 10.1 Å². The predicted octanol–water partition coefficient (Wildman–Crippen LogP) is 3.36. The van der Waals surface area contributed by atoms with Crippen molar-refractivity contribution in [2.75, 3.05) is 31.7 Å². The molecule has 0 spiro atoms. The molecule has 1 saturated heterocycles. The van der Waals surface area contributed by atoms with Gasteiger partial charge in [-0.05, 0) is 18.6 Å². The second-order valence-electron chi connectivity index (χ2n) is 5.98. The molecule has 1 heterocycles. The van der Waals surface area contributed by atoms with E-state index in [-0.39, 0.29) is 11.4 Å². The van der Waals surface area contributed by atoms with Crippen LogP contribution in [0.4, 0.5) is 11.4 Å². The van der Waals surface area contributed by atoms with Crippen LogP contribution in [0.25, 0.3) is 0 Å². The second-order valence-corrected chi connectivity index (χ2v) is 5.98. The first-order chi connectivity index (χ1) is 11.5. The van der Waals surface area contributed by atoms with Crippen molar-refractivity contribution >= 4 is 11.4 Å². The summed E-state index contributed by atoms with van der Waals surface area (Å²) in [5.41, 5.74) is 1.56. The monoisotopic (exact) mass is 328 g/mol. The Bertz CT molecular complexity index is 735. The van der Waals surface area contributed by atoms with Crippen molar-refractivity contribution in [3.8, 4) is 5.75 Å². The fourth-order valence-corrected chi connectivity index (χ4v) is 3.07. The highest BCUT2D eigenvalue weighted by molar-refractivity contribution is 5.59. The van der Waals surface area contributed by atoms with Crippen molar-refractivity contribution in [3.63, 3.8) is 0 Å². The van der Waals surface area contributed by atoms with Crippen molar-refractivity contribution in [2.24, 2.45) is 0 Å². The van der Waals surface area contributed by atoms with E-state index in [0.717, 1.165) is 17.8 Å². The van der Waals surface area contributed by atoms with Gasteiger partial charge in [0.2, 0.25) is 0 Å². The Morgan fingerprint density at radius 1 is 1.25 bits per heavy atom. The zero-order valence-electron chi connectivity index (χ0n) is 13.8. The quantitative estimate of drug-likeness (QED) is 0.636. The third-order valence-electron chi connectivity index (χ3n) is 4.38. The zero-order chi connectivity index (χ0) is 17.2. The maximum Gasteiger partial charge on any atom is 0.311 e. The largest absolute Gasteiger partial charge is 0.490 e. The van der Waals surface area contributed by atoms with Crippen molar-refractivity contribution < 1.29 is 14.4 Å². The number of rotatable bonds is 4. The highest BCUT2D eigenvalue weighted by Crippen LogP contribution is 2.35. The van der Waals surface area contributed by atoms with Crippen LogP contribution in [0.1, 0.15) is 12.5 Å². The molecular formula is C18H20N2O4. The fourth-order valence-electron chi connectivity index (χ4n) is 3.07. The molecule has 24 heavy (non-hydrogen) atoms. The maximum absolute atomic E-state index is 11.0. The van der Waals surface area contributed by atoms with Gasteiger partial charge in [0.1, 0.15) is 5.60 Å². The minimum absolute atomic E-state index is 0.0275. The summed E-state index contributed by atoms with van der Waals surface area (Å²) in [4.78, 5) is 12.8. The highest BCUT2D eigenvalue weighted by atomic mass is 16.6. The summed E-state index contributed by atoms with van der Waals surface area (Å²) >= 11 is 0. The first-order valence-corrected chi connectivity index (χ1v) is 7.80. The Kier molecular flexibility index (Phi) is 4.40. The van der Waals surface area contributed by atoms with Crippen LogP contribution in [0.15, 0.2) is 48.5 Å². The van der Waals surface area contributed by atoms with Gasteiger partial charge < -0.3 is 14.4 Å². The molecule has 2 aromatic carbocycles. The predicted molar refractivity (Wildman–Crippen MR) is 91.6 cm³/mol. The Hall–Kier alpha value is -2.60. The number of anilines is 1. The van der Waals surface area contributed by atoms with Crippen molar-refractivity contribution in [3.05, 3.63) is 64.2 Å². The lowest BCUT2D eigenvalue weighted by Gasteiger charge is -2.42. The van der Waals surface area contributed by atoms with E-state index in [1.165, 1.54) is 13.2 Å². The standard InChI is InChI=1S/C18H20N2O4/c1-18(14-6-4-3-5-7-14)13-19(10-11-24-18)15-8-9-16(20(21)22)17(12-15)23-2/h3-9,12H,10-11,13H2,1-2H3. The lowest BCUT2D eigenvalue weighted by atomic mass is 9.93. The van der Waals surface area contributed by atoms with Gasteiger partial charge >= 0.3 is 5.69 Å². The van der Waals surface area contributed by atoms with Gasteiger partial charge in [-0.2, -0.15) is 0 Å². The Morgan fingerprint density at radius 3 is 2.67 bits per heavy atom. The van der Waals surface area contributed by atoms with Crippen molar-refractivity contribution in [2.45, 2.75) is 12.5 Å². The third kappa shape index (κ3) is 3.05. The fraction of sp³-hybridized carbons (Fsp3) is 0.333. The molecule has 6 nitrogen and oxygen atoms in total. The number of morpholine rings is 1. The third-order valence-corrected chi connectivity index (χ3v) is 4.38. The van der Waals surface area contributed by atoms with Gasteiger partial charge in [0.25, 0.3) is 0 Å². The molecule has 0 bridgehead atoms. The molecule has 0 aliphatic carbocycles. The molecule has 126 valence electrons. The van der Waals surface area contributed by atoms with E-state index in [1.54, 1.807) is 12.1 Å². The number of nitrogens with zero attached hydrogens (tertiary/aromatic N) is 2. The van der Waals surface area contributed by atoms with Crippen LogP contribution < -0.4 is 9.64 Å². The number of hydrogen-bond acceptors (Lipinski definition) is 5. The summed E-state index contributed by atoms with van der Waals surface area (Å²) in [6.07, 6.45) is 0. The van der Waals surface area contributed by atoms with E-state index in [4.69, 9.17) is 9.47 Å². The molecule has 2 aromatic rings. The summed E-state index contributed by atoms with van der Waals surface area (Å²) in [5.74, 6) is 0.269. The average Bonchev–Trinajstić information content (AvgIpc) is 2.62. The summed E-state index contributed by atoms with van der Waals surface area (Å²) < 4.78 is 11.2. The minimum atomic E-state index is -0.435. The molecule has 3 rings (SSSR count). The number of nitro benzene ring substituents is 1. The molecular weight excluding hydrogens is 308 g/mol. The van der Waals surface area contributed by atoms with Crippen molar-refractivity contribution in [1.82, 2.24) is 0 Å². The van der Waals surface area contributed by atoms with E-state index in [1.807, 2.05) is 18.2 Å². The first kappa shape index (κ1) is 16.3. The molecule has 1 aliphatic rings. The summed E-state index contributed by atoms with van der Waals surface area (Å²) in [7, 11) is 1.44. The van der Waals surface area contributed by atoms with Crippen LogP contribution in [0.2, 0.25) is 0 Å². The lowest BCUT2D eigenvalue weighted by molar-refractivity contribution is -0.385. The molecule has 1 unspecified atom stereocenters. The Balaban J connectivity index is 1.89. The van der Waals surface area contributed by atoms with Gasteiger partial charge in [0.05, 0.1) is 25.2 Å². The highest BCUT2D eigenvalue weighted by Gasteiger charge is 2.34. The normalized spacial score (nSPS) is 20.7. The van der Waals surface area contributed by atoms with Crippen LogP contribution in [0, 0.1) is 10.1 Å². The number of nitro groups is 1. The number of benzene rings is 2. The Morgan fingerprint density at radius 2 is 2.00 bits per heavy atom. The van der Waals surface area contributed by atoms with E-state index in [0.29, 0.717) is 13.2 Å². The molecule has 0 N–H and O–H groups in total. The molecule has 6 heteroatoms. The molecule has 0 radical (unpaired) electrons. The number of hydrogen-bond donors (Lipinski definition) is 0. The topological polar surface area (TPSA) is 64.8 Å². The van der Waals surface area contributed by atoms with Gasteiger partial charge in [-0.3, -0.25) is 10.1 Å². The van der Waals surface area contributed by atoms with Crippen LogP contribution in [-0.2, 0) is 10.3 Å². The maximum atomic E-state index is 11.0. The van der Waals surface area contributed by atoms with Gasteiger partial charge in [-0.15, -0.1) is 0 Å². The summed E-state index contributed by atoms with van der Waals surface area (Å²) in [6, 6.07) is 15.1. The Labute approximate surface area is 140 Å². The van der Waals surface area contributed by atoms with Crippen LogP contribution in [0.3, 0.4) is 0 Å². The summed E-state index contributed by atoms with van der Waals surface area (Å²) in [6.45, 7) is 4.04. The second kappa shape index (κ2) is 6.49. The molecule has 1 atom stereocenters. The van der Waals surface area contributed by atoms with Gasteiger partial charge in [-0.1, -0.05) is 30.3 Å².